The van der Waals surface area contributed by atoms with E-state index < -0.39 is 24.0 Å². The number of carbonyl (C=O) groups excluding carboxylic acids is 1. The summed E-state index contributed by atoms with van der Waals surface area (Å²) in [5.74, 6) is -1.41. The van der Waals surface area contributed by atoms with Gasteiger partial charge in [0.2, 0.25) is 0 Å². The third-order valence-corrected chi connectivity index (χ3v) is 5.40. The molecule has 3 rings (SSSR count). The highest BCUT2D eigenvalue weighted by atomic mass is 16.5. The van der Waals surface area contributed by atoms with Crippen LogP contribution >= 0.6 is 0 Å². The first kappa shape index (κ1) is 19.9. The maximum atomic E-state index is 12.4. The monoisotopic (exact) mass is 387 g/mol. The molecule has 1 amide bonds. The van der Waals surface area contributed by atoms with Crippen molar-refractivity contribution < 1.29 is 23.8 Å². The van der Waals surface area contributed by atoms with Gasteiger partial charge in [0.05, 0.1) is 0 Å². The molecular weight excluding hydrogens is 362 g/mol. The molecule has 3 atom stereocenters. The number of benzene rings is 1. The van der Waals surface area contributed by atoms with Crippen LogP contribution in [0, 0.1) is 5.92 Å². The van der Waals surface area contributed by atoms with Crippen LogP contribution in [0.3, 0.4) is 0 Å². The topological polar surface area (TPSA) is 106 Å². The number of amides is 1. The molecule has 7 nitrogen and oxygen atoms in total. The van der Waals surface area contributed by atoms with Crippen molar-refractivity contribution in [2.24, 2.45) is 5.92 Å². The van der Waals surface area contributed by atoms with Gasteiger partial charge < -0.3 is 19.6 Å². The highest BCUT2D eigenvalue weighted by Gasteiger charge is 2.28. The number of fused-ring (bicyclic) bond motifs is 3. The highest BCUT2D eigenvalue weighted by Crippen LogP contribution is 2.29. The molecule has 0 saturated heterocycles. The van der Waals surface area contributed by atoms with E-state index in [0.29, 0.717) is 17.8 Å². The number of rotatable bonds is 7. The van der Waals surface area contributed by atoms with Crippen molar-refractivity contribution in [3.05, 3.63) is 39.7 Å². The number of aliphatic carboxylic acids is 1. The van der Waals surface area contributed by atoms with E-state index >= 15 is 0 Å². The summed E-state index contributed by atoms with van der Waals surface area (Å²) in [6.45, 7) is 5.19. The first-order chi connectivity index (χ1) is 13.3. The molecule has 0 aliphatic heterocycles. The number of hydrogen-bond acceptors (Lipinski definition) is 5. The van der Waals surface area contributed by atoms with Gasteiger partial charge in [0, 0.05) is 17.0 Å². The number of nitrogens with one attached hydrogen (secondary N) is 1. The number of carbonyl (C=O) groups is 2. The van der Waals surface area contributed by atoms with Gasteiger partial charge in [0.1, 0.15) is 17.4 Å². The maximum absolute atomic E-state index is 12.4. The van der Waals surface area contributed by atoms with Crippen molar-refractivity contribution in [2.45, 2.75) is 58.6 Å². The molecule has 1 unspecified atom stereocenters. The number of aryl methyl sites for hydroxylation is 1. The minimum absolute atomic E-state index is 0.203. The molecule has 1 aliphatic carbocycles. The molecule has 2 aromatic rings. The largest absolute Gasteiger partial charge is 0.481 e. The number of ether oxygens (including phenoxy) is 1. The van der Waals surface area contributed by atoms with Gasteiger partial charge in [-0.05, 0) is 49.8 Å². The lowest BCUT2D eigenvalue weighted by molar-refractivity contribution is -0.144. The second-order valence-corrected chi connectivity index (χ2v) is 7.33. The van der Waals surface area contributed by atoms with Gasteiger partial charge in [-0.3, -0.25) is 4.79 Å². The Hall–Kier alpha value is -2.83. The zero-order valence-electron chi connectivity index (χ0n) is 16.3. The summed E-state index contributed by atoms with van der Waals surface area (Å²) >= 11 is 0. The van der Waals surface area contributed by atoms with Gasteiger partial charge in [-0.1, -0.05) is 20.3 Å². The highest BCUT2D eigenvalue weighted by molar-refractivity contribution is 5.87. The van der Waals surface area contributed by atoms with E-state index in [4.69, 9.17) is 9.15 Å². The molecule has 1 aromatic heterocycles. The van der Waals surface area contributed by atoms with Gasteiger partial charge >= 0.3 is 11.6 Å². The van der Waals surface area contributed by atoms with Crippen molar-refractivity contribution in [1.29, 1.82) is 0 Å². The van der Waals surface area contributed by atoms with Crippen LogP contribution in [0.25, 0.3) is 11.0 Å². The molecule has 0 radical (unpaired) electrons. The van der Waals surface area contributed by atoms with Crippen LogP contribution in [0.1, 0.15) is 44.7 Å². The fraction of sp³-hybridized carbons (Fsp3) is 0.476. The number of hydrogen-bond donors (Lipinski definition) is 2. The van der Waals surface area contributed by atoms with Crippen molar-refractivity contribution >= 4 is 22.8 Å². The Balaban J connectivity index is 1.76. The predicted molar refractivity (Wildman–Crippen MR) is 104 cm³/mol. The minimum Gasteiger partial charge on any atom is -0.481 e. The molecule has 1 heterocycles. The van der Waals surface area contributed by atoms with Crippen molar-refractivity contribution in [1.82, 2.24) is 5.32 Å². The lowest BCUT2D eigenvalue weighted by Crippen LogP contribution is -2.49. The van der Waals surface area contributed by atoms with Crippen LogP contribution in [-0.4, -0.2) is 29.1 Å². The second kappa shape index (κ2) is 8.04. The quantitative estimate of drug-likeness (QED) is 0.708. The van der Waals surface area contributed by atoms with Crippen LogP contribution in [0.2, 0.25) is 0 Å². The Morgan fingerprint density at radius 1 is 1.25 bits per heavy atom. The van der Waals surface area contributed by atoms with E-state index in [1.54, 1.807) is 26.0 Å². The molecule has 0 fully saturated rings. The average Bonchev–Trinajstić information content (AvgIpc) is 3.15. The zero-order chi connectivity index (χ0) is 20.4. The lowest BCUT2D eigenvalue weighted by Gasteiger charge is -2.22. The maximum Gasteiger partial charge on any atom is 0.339 e. The molecule has 0 bridgehead atoms. The number of carboxylic acids is 1. The summed E-state index contributed by atoms with van der Waals surface area (Å²) in [5.41, 5.74) is 1.89. The summed E-state index contributed by atoms with van der Waals surface area (Å²) in [6.07, 6.45) is 2.26. The van der Waals surface area contributed by atoms with Crippen LogP contribution in [-0.2, 0) is 22.4 Å². The van der Waals surface area contributed by atoms with Gasteiger partial charge in [-0.2, -0.15) is 0 Å². The molecule has 7 heteroatoms. The molecule has 1 aliphatic rings. The molecule has 2 N–H and O–H groups in total. The third kappa shape index (κ3) is 3.88. The summed E-state index contributed by atoms with van der Waals surface area (Å²) in [4.78, 5) is 35.9. The van der Waals surface area contributed by atoms with Gasteiger partial charge in [0.15, 0.2) is 6.10 Å². The first-order valence-corrected chi connectivity index (χ1v) is 9.60. The fourth-order valence-corrected chi connectivity index (χ4v) is 3.55. The zero-order valence-corrected chi connectivity index (χ0v) is 16.3. The lowest BCUT2D eigenvalue weighted by atomic mass is 9.99. The summed E-state index contributed by atoms with van der Waals surface area (Å²) in [5, 5.41) is 12.7. The SMILES string of the molecule is CC[C@H](C)[C@H](NC(=O)C(C)Oc1ccc2c3c(c(=O)oc2c1)CCC3)C(=O)O. The van der Waals surface area contributed by atoms with Gasteiger partial charge in [-0.25, -0.2) is 9.59 Å². The Bertz CT molecular complexity index is 963. The molecule has 28 heavy (non-hydrogen) atoms. The Morgan fingerprint density at radius 3 is 2.64 bits per heavy atom. The van der Waals surface area contributed by atoms with Crippen molar-refractivity contribution in [3.63, 3.8) is 0 Å². The van der Waals surface area contributed by atoms with Crippen LogP contribution in [0.4, 0.5) is 0 Å². The van der Waals surface area contributed by atoms with E-state index in [1.165, 1.54) is 0 Å². The number of carboxylic acid groups (broad SMARTS) is 1. The standard InChI is InChI=1S/C21H25NO6/c1-4-11(2)18(20(24)25)22-19(23)12(3)27-13-8-9-15-14-6-5-7-16(14)21(26)28-17(15)10-13/h8-12,18H,4-7H2,1-3H3,(H,22,23)(H,24,25)/t11-,12?,18-/m0/s1. The Kier molecular flexibility index (Phi) is 5.72. The minimum atomic E-state index is -1.07. The van der Waals surface area contributed by atoms with Crippen LogP contribution in [0.15, 0.2) is 27.4 Å². The normalized spacial score (nSPS) is 16.2. The molecule has 150 valence electrons. The predicted octanol–water partition coefficient (Wildman–Crippen LogP) is 2.66. The molecule has 0 saturated carbocycles. The third-order valence-electron chi connectivity index (χ3n) is 5.40. The molecular formula is C21H25NO6. The average molecular weight is 387 g/mol. The summed E-state index contributed by atoms with van der Waals surface area (Å²) in [6, 6.07) is 4.19. The van der Waals surface area contributed by atoms with E-state index in [2.05, 4.69) is 5.32 Å². The smallest absolute Gasteiger partial charge is 0.339 e. The van der Waals surface area contributed by atoms with E-state index in [1.807, 2.05) is 13.0 Å². The van der Waals surface area contributed by atoms with Crippen LogP contribution < -0.4 is 15.7 Å². The second-order valence-electron chi connectivity index (χ2n) is 7.33. The van der Waals surface area contributed by atoms with E-state index in [-0.39, 0.29) is 11.5 Å². The molecule has 1 aromatic carbocycles. The van der Waals surface area contributed by atoms with E-state index in [9.17, 15) is 19.5 Å². The summed E-state index contributed by atoms with van der Waals surface area (Å²) < 4.78 is 11.1. The van der Waals surface area contributed by atoms with Crippen molar-refractivity contribution in [3.8, 4) is 5.75 Å². The Labute approximate surface area is 162 Å². The van der Waals surface area contributed by atoms with Crippen LogP contribution in [0.5, 0.6) is 5.75 Å². The van der Waals surface area contributed by atoms with Crippen molar-refractivity contribution in [2.75, 3.05) is 0 Å². The van der Waals surface area contributed by atoms with E-state index in [0.717, 1.165) is 35.8 Å². The fourth-order valence-electron chi connectivity index (χ4n) is 3.55. The first-order valence-electron chi connectivity index (χ1n) is 9.60. The molecule has 0 spiro atoms. The van der Waals surface area contributed by atoms with Gasteiger partial charge in [0.25, 0.3) is 5.91 Å². The van der Waals surface area contributed by atoms with Gasteiger partial charge in [-0.15, -0.1) is 0 Å². The summed E-state index contributed by atoms with van der Waals surface area (Å²) in [7, 11) is 0. The Morgan fingerprint density at radius 2 is 1.96 bits per heavy atom.